The zero-order valence-corrected chi connectivity index (χ0v) is 31.8. The molecule has 56 heavy (non-hydrogen) atoms. The highest BCUT2D eigenvalue weighted by Crippen LogP contribution is 2.45. The molecule has 8 aromatic carbocycles. The highest BCUT2D eigenvalue weighted by atomic mass is 15.0. The summed E-state index contributed by atoms with van der Waals surface area (Å²) in [5.74, 6) is 0.575. The van der Waals surface area contributed by atoms with Crippen molar-refractivity contribution in [2.75, 3.05) is 5.32 Å². The molecule has 1 N–H and O–H groups in total. The molecule has 1 aliphatic carbocycles. The van der Waals surface area contributed by atoms with Gasteiger partial charge in [-0.15, -0.1) is 6.58 Å². The first kappa shape index (κ1) is 33.9. The molecule has 0 saturated carbocycles. The minimum Gasteiger partial charge on any atom is -0.354 e. The Hall–Kier alpha value is -6.64. The molecule has 0 spiro atoms. The average Bonchev–Trinajstić information content (AvgIpc) is 3.80. The maximum absolute atomic E-state index is 4.03. The van der Waals surface area contributed by atoms with Gasteiger partial charge in [0.05, 0.1) is 11.0 Å². The standard InChI is InChI=1S/C54H44N2/c1-3-4-32-54(33-14-15-37(54)2)42-26-28-43(29-27-42)56-52-23-13-12-22-47(52)49-35-40(25-31-53(49)56)39-24-30-50(48(34-39)38-16-6-5-7-17-38)55-51-36-41-18-8-9-19-44(41)45-20-10-11-21-46(45)51/h3,5-14,16-31,33-37,55H,1,4,15,32H2,2H3/t37?,54-/m1/s1. The molecule has 1 heterocycles. The molecule has 9 aromatic rings. The van der Waals surface area contributed by atoms with Gasteiger partial charge in [-0.25, -0.2) is 0 Å². The van der Waals surface area contributed by atoms with Gasteiger partial charge in [-0.2, -0.15) is 0 Å². The number of para-hydroxylation sites is 1. The number of fused-ring (bicyclic) bond motifs is 6. The predicted octanol–water partition coefficient (Wildman–Crippen LogP) is 15.0. The molecule has 270 valence electrons. The molecule has 1 aromatic heterocycles. The monoisotopic (exact) mass is 720 g/mol. The Morgan fingerprint density at radius 1 is 0.607 bits per heavy atom. The van der Waals surface area contributed by atoms with E-state index in [0.29, 0.717) is 5.92 Å². The zero-order chi connectivity index (χ0) is 37.6. The molecule has 1 aliphatic rings. The van der Waals surface area contributed by atoms with E-state index in [1.165, 1.54) is 76.9 Å². The lowest BCUT2D eigenvalue weighted by Gasteiger charge is -2.33. The summed E-state index contributed by atoms with van der Waals surface area (Å²) >= 11 is 0. The molecule has 2 heteroatoms. The largest absolute Gasteiger partial charge is 0.354 e. The van der Waals surface area contributed by atoms with E-state index >= 15 is 0 Å². The Bertz CT molecular complexity index is 2950. The fourth-order valence-electron chi connectivity index (χ4n) is 9.40. The van der Waals surface area contributed by atoms with Crippen molar-refractivity contribution in [3.63, 3.8) is 0 Å². The van der Waals surface area contributed by atoms with Crippen LogP contribution in [0.3, 0.4) is 0 Å². The predicted molar refractivity (Wildman–Crippen MR) is 240 cm³/mol. The molecule has 2 nitrogen and oxygen atoms in total. The van der Waals surface area contributed by atoms with Crippen molar-refractivity contribution < 1.29 is 0 Å². The van der Waals surface area contributed by atoms with E-state index < -0.39 is 0 Å². The Morgan fingerprint density at radius 3 is 2.07 bits per heavy atom. The van der Waals surface area contributed by atoms with Gasteiger partial charge in [0, 0.05) is 44.2 Å². The summed E-state index contributed by atoms with van der Waals surface area (Å²) in [6.45, 7) is 6.42. The molecule has 2 atom stereocenters. The number of allylic oxidation sites excluding steroid dienone is 3. The number of nitrogens with one attached hydrogen (secondary N) is 1. The quantitative estimate of drug-likeness (QED) is 0.116. The van der Waals surface area contributed by atoms with Crippen LogP contribution in [-0.2, 0) is 5.41 Å². The van der Waals surface area contributed by atoms with E-state index in [0.717, 1.165) is 30.6 Å². The van der Waals surface area contributed by atoms with Crippen LogP contribution < -0.4 is 5.32 Å². The fraction of sp³-hybridized carbons (Fsp3) is 0.111. The number of aromatic nitrogens is 1. The van der Waals surface area contributed by atoms with E-state index in [2.05, 4.69) is 211 Å². The third-order valence-electron chi connectivity index (χ3n) is 12.4. The van der Waals surface area contributed by atoms with Gasteiger partial charge in [0.2, 0.25) is 0 Å². The van der Waals surface area contributed by atoms with Crippen LogP contribution in [-0.4, -0.2) is 4.57 Å². The van der Waals surface area contributed by atoms with Gasteiger partial charge in [0.1, 0.15) is 0 Å². The SMILES string of the molecule is C=CCC[C@@]1(c2ccc(-n3c4ccccc4c4cc(-c5ccc(Nc6cc7ccccc7c7ccccc67)c(-c6ccccc6)c5)ccc43)cc2)C=CCC1C. The van der Waals surface area contributed by atoms with Crippen LogP contribution in [0.25, 0.3) is 71.3 Å². The van der Waals surface area contributed by atoms with Crippen LogP contribution in [0.4, 0.5) is 11.4 Å². The lowest BCUT2D eigenvalue weighted by Crippen LogP contribution is -2.28. The van der Waals surface area contributed by atoms with Crippen LogP contribution in [0.15, 0.2) is 195 Å². The number of hydrogen-bond acceptors (Lipinski definition) is 1. The van der Waals surface area contributed by atoms with E-state index in [-0.39, 0.29) is 5.41 Å². The van der Waals surface area contributed by atoms with Gasteiger partial charge in [-0.1, -0.05) is 146 Å². The summed E-state index contributed by atoms with van der Waals surface area (Å²) in [6.07, 6.45) is 10.1. The Balaban J connectivity index is 1.06. The van der Waals surface area contributed by atoms with Crippen LogP contribution in [0.5, 0.6) is 0 Å². The van der Waals surface area contributed by atoms with Crippen LogP contribution in [0.1, 0.15) is 31.7 Å². The third kappa shape index (κ3) is 5.64. The molecule has 1 unspecified atom stereocenters. The first-order valence-corrected chi connectivity index (χ1v) is 19.9. The van der Waals surface area contributed by atoms with Crippen molar-refractivity contribution in [1.82, 2.24) is 4.57 Å². The summed E-state index contributed by atoms with van der Waals surface area (Å²) in [4.78, 5) is 0. The summed E-state index contributed by atoms with van der Waals surface area (Å²) in [7, 11) is 0. The lowest BCUT2D eigenvalue weighted by molar-refractivity contribution is 0.362. The molecule has 0 aliphatic heterocycles. The van der Waals surface area contributed by atoms with Gasteiger partial charge >= 0.3 is 0 Å². The molecular formula is C54H44N2. The second-order valence-corrected chi connectivity index (χ2v) is 15.5. The highest BCUT2D eigenvalue weighted by molar-refractivity contribution is 6.14. The summed E-state index contributed by atoms with van der Waals surface area (Å²) in [5.41, 5.74) is 12.0. The molecule has 0 amide bonds. The minimum absolute atomic E-state index is 0.0649. The van der Waals surface area contributed by atoms with E-state index in [4.69, 9.17) is 0 Å². The van der Waals surface area contributed by atoms with Gasteiger partial charge in [0.25, 0.3) is 0 Å². The van der Waals surface area contributed by atoms with E-state index in [9.17, 15) is 0 Å². The van der Waals surface area contributed by atoms with Crippen molar-refractivity contribution in [3.05, 3.63) is 200 Å². The third-order valence-corrected chi connectivity index (χ3v) is 12.4. The minimum atomic E-state index is 0.0649. The van der Waals surface area contributed by atoms with Crippen molar-refractivity contribution in [3.8, 4) is 27.9 Å². The summed E-state index contributed by atoms with van der Waals surface area (Å²) < 4.78 is 2.43. The molecule has 10 rings (SSSR count). The average molecular weight is 721 g/mol. The Labute approximate surface area is 329 Å². The van der Waals surface area contributed by atoms with Crippen molar-refractivity contribution in [2.24, 2.45) is 5.92 Å². The van der Waals surface area contributed by atoms with Gasteiger partial charge in [0.15, 0.2) is 0 Å². The topological polar surface area (TPSA) is 17.0 Å². The van der Waals surface area contributed by atoms with Gasteiger partial charge in [-0.3, -0.25) is 0 Å². The van der Waals surface area contributed by atoms with Gasteiger partial charge < -0.3 is 9.88 Å². The number of benzene rings is 8. The van der Waals surface area contributed by atoms with Crippen LogP contribution in [0.2, 0.25) is 0 Å². The number of hydrogen-bond donors (Lipinski definition) is 1. The van der Waals surface area contributed by atoms with Crippen LogP contribution >= 0.6 is 0 Å². The van der Waals surface area contributed by atoms with Crippen molar-refractivity contribution in [1.29, 1.82) is 0 Å². The zero-order valence-electron chi connectivity index (χ0n) is 31.8. The first-order valence-electron chi connectivity index (χ1n) is 19.9. The molecular weight excluding hydrogens is 677 g/mol. The van der Waals surface area contributed by atoms with Gasteiger partial charge in [-0.05, 0) is 112 Å². The highest BCUT2D eigenvalue weighted by Gasteiger charge is 2.37. The van der Waals surface area contributed by atoms with E-state index in [1.807, 2.05) is 0 Å². The number of nitrogens with zero attached hydrogens (tertiary/aromatic N) is 1. The maximum Gasteiger partial charge on any atom is 0.0541 e. The first-order chi connectivity index (χ1) is 27.6. The molecule has 0 saturated heterocycles. The Kier molecular flexibility index (Phi) is 8.41. The molecule has 0 radical (unpaired) electrons. The van der Waals surface area contributed by atoms with Crippen molar-refractivity contribution >= 4 is 54.7 Å². The normalized spacial score (nSPS) is 16.6. The second kappa shape index (κ2) is 13.9. The number of anilines is 2. The fourth-order valence-corrected chi connectivity index (χ4v) is 9.40. The molecule has 0 bridgehead atoms. The molecule has 0 fully saturated rings. The number of rotatable bonds is 9. The van der Waals surface area contributed by atoms with E-state index in [1.54, 1.807) is 0 Å². The second-order valence-electron chi connectivity index (χ2n) is 15.5. The lowest BCUT2D eigenvalue weighted by atomic mass is 9.70. The smallest absolute Gasteiger partial charge is 0.0541 e. The Morgan fingerprint density at radius 2 is 1.29 bits per heavy atom. The summed E-state index contributed by atoms with van der Waals surface area (Å²) in [6, 6.07) is 62.4. The summed E-state index contributed by atoms with van der Waals surface area (Å²) in [5, 5.41) is 11.4. The van der Waals surface area contributed by atoms with Crippen molar-refractivity contribution in [2.45, 2.75) is 31.6 Å². The van der Waals surface area contributed by atoms with Crippen LogP contribution in [0, 0.1) is 5.92 Å². The maximum atomic E-state index is 4.03.